The average Bonchev–Trinajstić information content (AvgIpc) is 2.64. The van der Waals surface area contributed by atoms with E-state index in [9.17, 15) is 18.0 Å². The van der Waals surface area contributed by atoms with Gasteiger partial charge in [0.05, 0.1) is 5.56 Å². The number of piperidine rings is 1. The molecule has 1 fully saturated rings. The van der Waals surface area contributed by atoms with Gasteiger partial charge in [0.1, 0.15) is 0 Å². The minimum Gasteiger partial charge on any atom is -0.481 e. The van der Waals surface area contributed by atoms with Gasteiger partial charge in [0.2, 0.25) is 0 Å². The SMILES string of the molecule is O=C(O)C[C@H]1CCN(Cc2ccccc2Cl)[C@@H](c2ccc(C(F)(F)F)cc2)C1. The number of alkyl halides is 3. The average molecular weight is 412 g/mol. The molecule has 2 aromatic carbocycles. The number of carboxylic acid groups (broad SMARTS) is 1. The molecule has 3 rings (SSSR count). The largest absolute Gasteiger partial charge is 0.481 e. The van der Waals surface area contributed by atoms with Gasteiger partial charge >= 0.3 is 12.1 Å². The third-order valence-electron chi connectivity index (χ3n) is 5.24. The van der Waals surface area contributed by atoms with Gasteiger partial charge in [-0.15, -0.1) is 0 Å². The van der Waals surface area contributed by atoms with Gasteiger partial charge in [-0.05, 0) is 54.6 Å². The zero-order chi connectivity index (χ0) is 20.3. The van der Waals surface area contributed by atoms with Gasteiger partial charge in [0, 0.05) is 24.0 Å². The fourth-order valence-corrected chi connectivity index (χ4v) is 3.99. The molecule has 150 valence electrons. The van der Waals surface area contributed by atoms with Crippen molar-refractivity contribution in [2.24, 2.45) is 5.92 Å². The number of carbonyl (C=O) groups is 1. The molecule has 28 heavy (non-hydrogen) atoms. The molecule has 1 aliphatic rings. The van der Waals surface area contributed by atoms with Crippen molar-refractivity contribution in [3.8, 4) is 0 Å². The Morgan fingerprint density at radius 1 is 1.14 bits per heavy atom. The van der Waals surface area contributed by atoms with E-state index in [0.717, 1.165) is 29.7 Å². The van der Waals surface area contributed by atoms with Gasteiger partial charge < -0.3 is 5.11 Å². The molecule has 0 aromatic heterocycles. The predicted molar refractivity (Wildman–Crippen MR) is 101 cm³/mol. The Hall–Kier alpha value is -2.05. The topological polar surface area (TPSA) is 40.5 Å². The Morgan fingerprint density at radius 2 is 1.82 bits per heavy atom. The van der Waals surface area contributed by atoms with Crippen molar-refractivity contribution >= 4 is 17.6 Å². The first kappa shape index (κ1) is 20.7. The van der Waals surface area contributed by atoms with Crippen molar-refractivity contribution < 1.29 is 23.1 Å². The summed E-state index contributed by atoms with van der Waals surface area (Å²) in [5, 5.41) is 9.77. The number of hydrogen-bond acceptors (Lipinski definition) is 2. The fraction of sp³-hybridized carbons (Fsp3) is 0.381. The van der Waals surface area contributed by atoms with Gasteiger partial charge in [-0.2, -0.15) is 13.2 Å². The molecular formula is C21H21ClF3NO2. The second-order valence-corrected chi connectivity index (χ2v) is 7.59. The van der Waals surface area contributed by atoms with Crippen LogP contribution in [0.25, 0.3) is 0 Å². The summed E-state index contributed by atoms with van der Waals surface area (Å²) in [5.41, 5.74) is 1.01. The molecule has 7 heteroatoms. The van der Waals surface area contributed by atoms with Crippen molar-refractivity contribution in [1.29, 1.82) is 0 Å². The first-order chi connectivity index (χ1) is 13.2. The lowest BCUT2D eigenvalue weighted by Crippen LogP contribution is -2.37. The first-order valence-corrected chi connectivity index (χ1v) is 9.48. The lowest BCUT2D eigenvalue weighted by molar-refractivity contribution is -0.139. The van der Waals surface area contributed by atoms with Crippen LogP contribution in [0.4, 0.5) is 13.2 Å². The van der Waals surface area contributed by atoms with E-state index in [0.29, 0.717) is 24.5 Å². The number of nitrogens with zero attached hydrogens (tertiary/aromatic N) is 1. The van der Waals surface area contributed by atoms with Crippen LogP contribution in [0, 0.1) is 5.92 Å². The van der Waals surface area contributed by atoms with Crippen LogP contribution in [0.1, 0.15) is 42.0 Å². The summed E-state index contributed by atoms with van der Waals surface area (Å²) in [7, 11) is 0. The summed E-state index contributed by atoms with van der Waals surface area (Å²) in [6, 6.07) is 12.5. The van der Waals surface area contributed by atoms with Crippen molar-refractivity contribution in [2.75, 3.05) is 6.54 Å². The van der Waals surface area contributed by atoms with E-state index in [2.05, 4.69) is 4.90 Å². The maximum Gasteiger partial charge on any atom is 0.416 e. The summed E-state index contributed by atoms with van der Waals surface area (Å²) in [4.78, 5) is 13.3. The monoisotopic (exact) mass is 411 g/mol. The number of hydrogen-bond donors (Lipinski definition) is 1. The Labute approximate surface area is 166 Å². The number of carboxylic acids is 1. The van der Waals surface area contributed by atoms with Gasteiger partial charge in [0.25, 0.3) is 0 Å². The second-order valence-electron chi connectivity index (χ2n) is 7.19. The van der Waals surface area contributed by atoms with E-state index in [-0.39, 0.29) is 18.4 Å². The van der Waals surface area contributed by atoms with Crippen LogP contribution >= 0.6 is 11.6 Å². The Kier molecular flexibility index (Phi) is 6.30. The number of halogens is 4. The molecule has 1 heterocycles. The van der Waals surface area contributed by atoms with Crippen molar-refractivity contribution in [2.45, 2.75) is 38.0 Å². The molecular weight excluding hydrogens is 391 g/mol. The van der Waals surface area contributed by atoms with Crippen LogP contribution in [0.5, 0.6) is 0 Å². The first-order valence-electron chi connectivity index (χ1n) is 9.10. The van der Waals surface area contributed by atoms with Gasteiger partial charge in [-0.25, -0.2) is 0 Å². The highest BCUT2D eigenvalue weighted by molar-refractivity contribution is 6.31. The molecule has 1 aliphatic heterocycles. The number of likely N-dealkylation sites (tertiary alicyclic amines) is 1. The van der Waals surface area contributed by atoms with E-state index in [1.165, 1.54) is 12.1 Å². The summed E-state index contributed by atoms with van der Waals surface area (Å²) in [6.45, 7) is 1.22. The molecule has 1 saturated heterocycles. The minimum atomic E-state index is -4.38. The standard InChI is InChI=1S/C21H21ClF3NO2/c22-18-4-2-1-3-16(18)13-26-10-9-14(12-20(27)28)11-19(26)15-5-7-17(8-6-15)21(23,24)25/h1-8,14,19H,9-13H2,(H,27,28)/t14-,19+/m0/s1. The van der Waals surface area contributed by atoms with E-state index >= 15 is 0 Å². The number of aliphatic carboxylic acids is 1. The van der Waals surface area contributed by atoms with Gasteiger partial charge in [0.15, 0.2) is 0 Å². The van der Waals surface area contributed by atoms with Crippen LogP contribution in [-0.4, -0.2) is 22.5 Å². The summed E-state index contributed by atoms with van der Waals surface area (Å²) in [5.74, 6) is -0.858. The normalized spacial score (nSPS) is 20.9. The highest BCUT2D eigenvalue weighted by atomic mass is 35.5. The minimum absolute atomic E-state index is 0.00714. The van der Waals surface area contributed by atoms with Crippen LogP contribution in [0.2, 0.25) is 5.02 Å². The van der Waals surface area contributed by atoms with Crippen LogP contribution < -0.4 is 0 Å². The zero-order valence-corrected chi connectivity index (χ0v) is 15.9. The molecule has 0 radical (unpaired) electrons. The smallest absolute Gasteiger partial charge is 0.416 e. The Morgan fingerprint density at radius 3 is 2.43 bits per heavy atom. The molecule has 3 nitrogen and oxygen atoms in total. The summed E-state index contributed by atoms with van der Waals surface area (Å²) in [6.07, 6.45) is -3.00. The second kappa shape index (κ2) is 8.53. The number of rotatable bonds is 5. The van der Waals surface area contributed by atoms with E-state index in [4.69, 9.17) is 16.7 Å². The highest BCUT2D eigenvalue weighted by Gasteiger charge is 2.33. The van der Waals surface area contributed by atoms with Crippen LogP contribution in [0.15, 0.2) is 48.5 Å². The zero-order valence-electron chi connectivity index (χ0n) is 15.1. The Balaban J connectivity index is 1.85. The molecule has 0 aliphatic carbocycles. The molecule has 2 aromatic rings. The lowest BCUT2D eigenvalue weighted by atomic mass is 9.84. The summed E-state index contributed by atoms with van der Waals surface area (Å²) < 4.78 is 38.7. The van der Waals surface area contributed by atoms with Crippen LogP contribution in [-0.2, 0) is 17.5 Å². The molecule has 2 atom stereocenters. The van der Waals surface area contributed by atoms with E-state index in [1.54, 1.807) is 6.07 Å². The maximum absolute atomic E-state index is 12.9. The number of benzene rings is 2. The van der Waals surface area contributed by atoms with E-state index in [1.807, 2.05) is 18.2 Å². The predicted octanol–water partition coefficient (Wildman–Crippen LogP) is 5.79. The van der Waals surface area contributed by atoms with Gasteiger partial charge in [-0.1, -0.05) is 41.9 Å². The third kappa shape index (κ3) is 5.06. The van der Waals surface area contributed by atoms with Crippen LogP contribution in [0.3, 0.4) is 0 Å². The molecule has 0 bridgehead atoms. The molecule has 0 amide bonds. The molecule has 0 unspecified atom stereocenters. The Bertz CT molecular complexity index is 823. The van der Waals surface area contributed by atoms with E-state index < -0.39 is 17.7 Å². The highest BCUT2D eigenvalue weighted by Crippen LogP contribution is 2.38. The maximum atomic E-state index is 12.9. The fourth-order valence-electron chi connectivity index (χ4n) is 3.80. The quantitative estimate of drug-likeness (QED) is 0.677. The molecule has 1 N–H and O–H groups in total. The van der Waals surface area contributed by atoms with Gasteiger partial charge in [-0.3, -0.25) is 9.69 Å². The lowest BCUT2D eigenvalue weighted by Gasteiger charge is -2.40. The van der Waals surface area contributed by atoms with Crippen molar-refractivity contribution in [1.82, 2.24) is 4.90 Å². The van der Waals surface area contributed by atoms with Crippen molar-refractivity contribution in [3.05, 3.63) is 70.2 Å². The molecule has 0 saturated carbocycles. The van der Waals surface area contributed by atoms with Crippen molar-refractivity contribution in [3.63, 3.8) is 0 Å². The molecule has 0 spiro atoms. The summed E-state index contributed by atoms with van der Waals surface area (Å²) >= 11 is 6.28. The third-order valence-corrected chi connectivity index (χ3v) is 5.61.